The molecule has 4 N–H and O–H groups in total. The smallest absolute Gasteiger partial charge is 0.279 e. The second-order valence-corrected chi connectivity index (χ2v) is 9.24. The van der Waals surface area contributed by atoms with Crippen LogP contribution in [-0.4, -0.2) is 75.2 Å². The van der Waals surface area contributed by atoms with E-state index in [1.165, 1.54) is 4.31 Å². The minimum Gasteiger partial charge on any atom is -0.391 e. The maximum atomic E-state index is 12.3. The van der Waals surface area contributed by atoms with Crippen LogP contribution in [0.4, 0.5) is 11.8 Å². The van der Waals surface area contributed by atoms with Crippen LogP contribution in [0.5, 0.6) is 0 Å². The Bertz CT molecular complexity index is 962. The average molecular weight is 441 g/mol. The van der Waals surface area contributed by atoms with Gasteiger partial charge in [-0.3, -0.25) is 0 Å². The summed E-state index contributed by atoms with van der Waals surface area (Å²) in [5.41, 5.74) is 1.33. The molecule has 3 atom stereocenters. The fourth-order valence-electron chi connectivity index (χ4n) is 3.60. The summed E-state index contributed by atoms with van der Waals surface area (Å²) in [5.74, 6) is 0.964. The first kappa shape index (κ1) is 22.7. The summed E-state index contributed by atoms with van der Waals surface area (Å²) < 4.78 is 30.4. The molecule has 2 unspecified atom stereocenters. The van der Waals surface area contributed by atoms with Crippen molar-refractivity contribution in [3.8, 4) is 0 Å². The minimum absolute atomic E-state index is 0.0881. The Balaban J connectivity index is 1.87. The molecule has 0 spiro atoms. The molecule has 1 aliphatic rings. The molecule has 0 aliphatic carbocycles. The molecule has 12 heteroatoms. The lowest BCUT2D eigenvalue weighted by Crippen LogP contribution is -2.40. The zero-order valence-corrected chi connectivity index (χ0v) is 18.8. The summed E-state index contributed by atoms with van der Waals surface area (Å²) >= 11 is 0. The Hall–Kier alpha value is -2.02. The van der Waals surface area contributed by atoms with Crippen molar-refractivity contribution in [3.05, 3.63) is 6.33 Å². The second-order valence-electron chi connectivity index (χ2n) is 7.49. The molecule has 0 bridgehead atoms. The van der Waals surface area contributed by atoms with Crippen molar-refractivity contribution < 1.29 is 13.5 Å². The normalized spacial score (nSPS) is 19.8. The highest BCUT2D eigenvalue weighted by Gasteiger charge is 2.31. The molecule has 0 amide bonds. The summed E-state index contributed by atoms with van der Waals surface area (Å²) in [4.78, 5) is 13.7. The fourth-order valence-corrected chi connectivity index (χ4v) is 4.87. The van der Waals surface area contributed by atoms with Crippen LogP contribution in [0.1, 0.15) is 40.5 Å². The molecule has 2 aromatic heterocycles. The van der Waals surface area contributed by atoms with Crippen molar-refractivity contribution in [1.82, 2.24) is 28.5 Å². The predicted molar refractivity (Wildman–Crippen MR) is 117 cm³/mol. The van der Waals surface area contributed by atoms with Gasteiger partial charge in [0, 0.05) is 32.2 Å². The topological polar surface area (TPSA) is 137 Å². The zero-order chi connectivity index (χ0) is 21.9. The Morgan fingerprint density at radius 3 is 2.70 bits per heavy atom. The van der Waals surface area contributed by atoms with Gasteiger partial charge in [-0.05, 0) is 26.7 Å². The van der Waals surface area contributed by atoms with Crippen molar-refractivity contribution in [2.24, 2.45) is 0 Å². The lowest BCUT2D eigenvalue weighted by molar-refractivity contribution is 0.169. The van der Waals surface area contributed by atoms with E-state index < -0.39 is 16.3 Å². The van der Waals surface area contributed by atoms with E-state index in [9.17, 15) is 13.5 Å². The van der Waals surface area contributed by atoms with Gasteiger partial charge in [0.15, 0.2) is 17.0 Å². The van der Waals surface area contributed by atoms with E-state index in [0.29, 0.717) is 55.5 Å². The summed E-state index contributed by atoms with van der Waals surface area (Å²) in [6, 6.07) is -0.268. The maximum absolute atomic E-state index is 12.3. The summed E-state index contributed by atoms with van der Waals surface area (Å²) in [7, 11) is -3.46. The maximum Gasteiger partial charge on any atom is 0.279 e. The van der Waals surface area contributed by atoms with Gasteiger partial charge in [0.2, 0.25) is 5.95 Å². The number of hydrogen-bond donors (Lipinski definition) is 4. The number of aliphatic hydroxyl groups excluding tert-OH is 1. The van der Waals surface area contributed by atoms with Gasteiger partial charge in [0.1, 0.15) is 0 Å². The molecular formula is C18H32N8O3S. The first-order chi connectivity index (χ1) is 14.3. The number of nitrogens with zero attached hydrogens (tertiary/aromatic N) is 5. The van der Waals surface area contributed by atoms with Gasteiger partial charge in [-0.15, -0.1) is 0 Å². The number of aryl methyl sites for hydroxylation is 1. The molecule has 1 saturated heterocycles. The average Bonchev–Trinajstić information content (AvgIpc) is 3.33. The van der Waals surface area contributed by atoms with Gasteiger partial charge in [-0.1, -0.05) is 13.8 Å². The van der Waals surface area contributed by atoms with Crippen molar-refractivity contribution in [1.29, 1.82) is 0 Å². The summed E-state index contributed by atoms with van der Waals surface area (Å²) in [6.45, 7) is 9.33. The Morgan fingerprint density at radius 1 is 1.30 bits per heavy atom. The number of anilines is 2. The summed E-state index contributed by atoms with van der Waals surface area (Å²) in [5, 5.41) is 16.5. The van der Waals surface area contributed by atoms with Crippen LogP contribution in [0.25, 0.3) is 11.2 Å². The van der Waals surface area contributed by atoms with E-state index in [-0.39, 0.29) is 12.1 Å². The van der Waals surface area contributed by atoms with E-state index in [4.69, 9.17) is 0 Å². The molecule has 11 nitrogen and oxygen atoms in total. The standard InChI is InChI=1S/C18H32N8O3S/c1-5-14(12(4)27)22-18-23-16(15-17(24-18)25(7-3)11-19-15)21-13-8-9-26(10-13)30(28,29)20-6-2/h11-14,20,27H,5-10H2,1-4H3,(H2,21,22,23,24)/t12?,13?,14-/m1/s1. The fraction of sp³-hybridized carbons (Fsp3) is 0.722. The van der Waals surface area contributed by atoms with Gasteiger partial charge in [-0.25, -0.2) is 9.71 Å². The highest BCUT2D eigenvalue weighted by molar-refractivity contribution is 7.87. The van der Waals surface area contributed by atoms with Crippen LogP contribution in [0.3, 0.4) is 0 Å². The number of rotatable bonds is 10. The van der Waals surface area contributed by atoms with Gasteiger partial charge in [0.25, 0.3) is 10.2 Å². The predicted octanol–water partition coefficient (Wildman–Crippen LogP) is 0.758. The zero-order valence-electron chi connectivity index (χ0n) is 18.0. The highest BCUT2D eigenvalue weighted by Crippen LogP contribution is 2.25. The number of nitrogens with one attached hydrogen (secondary N) is 3. The molecule has 30 heavy (non-hydrogen) atoms. The molecule has 1 fully saturated rings. The number of aromatic nitrogens is 4. The van der Waals surface area contributed by atoms with Gasteiger partial charge >= 0.3 is 0 Å². The number of hydrogen-bond acceptors (Lipinski definition) is 8. The second kappa shape index (κ2) is 9.41. The highest BCUT2D eigenvalue weighted by atomic mass is 32.2. The van der Waals surface area contributed by atoms with Crippen LogP contribution in [-0.2, 0) is 16.8 Å². The van der Waals surface area contributed by atoms with Crippen molar-refractivity contribution in [2.75, 3.05) is 30.3 Å². The van der Waals surface area contributed by atoms with Gasteiger partial charge < -0.3 is 20.3 Å². The third-order valence-electron chi connectivity index (χ3n) is 5.30. The van der Waals surface area contributed by atoms with Crippen LogP contribution in [0.15, 0.2) is 6.33 Å². The Morgan fingerprint density at radius 2 is 2.07 bits per heavy atom. The van der Waals surface area contributed by atoms with Crippen molar-refractivity contribution in [3.63, 3.8) is 0 Å². The molecule has 0 aromatic carbocycles. The van der Waals surface area contributed by atoms with E-state index in [0.717, 1.165) is 6.42 Å². The third-order valence-corrected chi connectivity index (χ3v) is 6.96. The lowest BCUT2D eigenvalue weighted by atomic mass is 10.1. The SMILES string of the molecule is CCNS(=O)(=O)N1CCC(Nc2nc(N[C@H](CC)C(C)O)nc3c2ncn3CC)C1. The van der Waals surface area contributed by atoms with Gasteiger partial charge in [0.05, 0.1) is 18.5 Å². The molecule has 0 radical (unpaired) electrons. The molecule has 3 rings (SSSR count). The lowest BCUT2D eigenvalue weighted by Gasteiger charge is -2.21. The monoisotopic (exact) mass is 440 g/mol. The van der Waals surface area contributed by atoms with Crippen molar-refractivity contribution in [2.45, 2.75) is 65.3 Å². The summed E-state index contributed by atoms with van der Waals surface area (Å²) in [6.07, 6.45) is 2.55. The van der Waals surface area contributed by atoms with E-state index in [1.807, 2.05) is 18.4 Å². The first-order valence-electron chi connectivity index (χ1n) is 10.5. The quantitative estimate of drug-likeness (QED) is 0.425. The number of imidazole rings is 1. The first-order valence-corrected chi connectivity index (χ1v) is 11.9. The minimum atomic E-state index is -3.46. The number of fused-ring (bicyclic) bond motifs is 1. The molecule has 0 saturated carbocycles. The molecule has 168 valence electrons. The van der Waals surface area contributed by atoms with Crippen LogP contribution >= 0.6 is 0 Å². The van der Waals surface area contributed by atoms with Gasteiger partial charge in [-0.2, -0.15) is 22.7 Å². The van der Waals surface area contributed by atoms with E-state index in [1.54, 1.807) is 20.2 Å². The van der Waals surface area contributed by atoms with E-state index in [2.05, 4.69) is 30.3 Å². The largest absolute Gasteiger partial charge is 0.391 e. The van der Waals surface area contributed by atoms with Crippen LogP contribution < -0.4 is 15.4 Å². The molecule has 2 aromatic rings. The molecule has 1 aliphatic heterocycles. The van der Waals surface area contributed by atoms with Crippen LogP contribution in [0.2, 0.25) is 0 Å². The van der Waals surface area contributed by atoms with E-state index >= 15 is 0 Å². The molecular weight excluding hydrogens is 408 g/mol. The molecule has 3 heterocycles. The Labute approximate surface area is 177 Å². The number of aliphatic hydroxyl groups is 1. The Kier molecular flexibility index (Phi) is 7.11. The third kappa shape index (κ3) is 4.82. The van der Waals surface area contributed by atoms with Crippen LogP contribution in [0, 0.1) is 0 Å². The van der Waals surface area contributed by atoms with Crippen molar-refractivity contribution >= 4 is 33.1 Å².